The summed E-state index contributed by atoms with van der Waals surface area (Å²) < 4.78 is 1.09. The Balaban J connectivity index is 2.52. The number of carbonyl (C=O) groups is 1. The number of aromatic nitrogens is 1. The molecule has 0 fully saturated rings. The highest BCUT2D eigenvalue weighted by Gasteiger charge is 1.96. The van der Waals surface area contributed by atoms with Gasteiger partial charge < -0.3 is 5.32 Å². The Kier molecular flexibility index (Phi) is 1.75. The monoisotopic (exact) mass is 178 g/mol. The minimum Gasteiger partial charge on any atom is -0.329 e. The second-order valence-electron chi connectivity index (χ2n) is 2.30. The van der Waals surface area contributed by atoms with E-state index in [-0.39, 0.29) is 0 Å². The Hall–Kier alpha value is -1.42. The standard InChI is InChI=1S/C8H6N2OS/c11-4-9-6-1-2-7-8(3-6)12-5-10-7/h1-5H,(H,9,11). The van der Waals surface area contributed by atoms with E-state index in [1.54, 1.807) is 16.8 Å². The van der Waals surface area contributed by atoms with Gasteiger partial charge in [-0.1, -0.05) is 0 Å². The molecule has 1 amide bonds. The molecule has 0 aliphatic rings. The first-order chi connectivity index (χ1) is 5.90. The Morgan fingerprint density at radius 3 is 3.25 bits per heavy atom. The second-order valence-corrected chi connectivity index (χ2v) is 3.18. The normalized spacial score (nSPS) is 10.0. The molecular formula is C8H6N2OS. The van der Waals surface area contributed by atoms with Crippen molar-refractivity contribution in [2.45, 2.75) is 0 Å². The summed E-state index contributed by atoms with van der Waals surface area (Å²) in [5, 5.41) is 2.59. The number of hydrogen-bond donors (Lipinski definition) is 1. The molecule has 12 heavy (non-hydrogen) atoms. The Labute approximate surface area is 73.0 Å². The molecule has 0 aliphatic carbocycles. The number of benzene rings is 1. The van der Waals surface area contributed by atoms with Gasteiger partial charge in [-0.15, -0.1) is 11.3 Å². The highest BCUT2D eigenvalue weighted by molar-refractivity contribution is 7.16. The van der Waals surface area contributed by atoms with Gasteiger partial charge in [-0.25, -0.2) is 4.98 Å². The van der Waals surface area contributed by atoms with Gasteiger partial charge in [0, 0.05) is 5.69 Å². The molecule has 4 heteroatoms. The third kappa shape index (κ3) is 1.16. The number of fused-ring (bicyclic) bond motifs is 1. The lowest BCUT2D eigenvalue weighted by Crippen LogP contribution is -1.92. The molecule has 0 unspecified atom stereocenters. The molecule has 0 aliphatic heterocycles. The molecule has 1 heterocycles. The second kappa shape index (κ2) is 2.91. The summed E-state index contributed by atoms with van der Waals surface area (Å²) in [4.78, 5) is 14.2. The number of nitrogens with one attached hydrogen (secondary N) is 1. The topological polar surface area (TPSA) is 42.0 Å². The van der Waals surface area contributed by atoms with Crippen LogP contribution in [0.5, 0.6) is 0 Å². The zero-order chi connectivity index (χ0) is 8.39. The van der Waals surface area contributed by atoms with Crippen molar-refractivity contribution in [3.8, 4) is 0 Å². The Bertz CT molecular complexity index is 410. The maximum absolute atomic E-state index is 10.1. The first kappa shape index (κ1) is 7.24. The van der Waals surface area contributed by atoms with E-state index in [1.807, 2.05) is 18.2 Å². The maximum atomic E-state index is 10.1. The van der Waals surface area contributed by atoms with Crippen LogP contribution >= 0.6 is 11.3 Å². The van der Waals surface area contributed by atoms with Crippen LogP contribution in [0.25, 0.3) is 10.2 Å². The van der Waals surface area contributed by atoms with Gasteiger partial charge in [0.1, 0.15) is 0 Å². The van der Waals surface area contributed by atoms with Gasteiger partial charge in [0.25, 0.3) is 0 Å². The van der Waals surface area contributed by atoms with E-state index < -0.39 is 0 Å². The van der Waals surface area contributed by atoms with Gasteiger partial charge in [0.15, 0.2) is 0 Å². The van der Waals surface area contributed by atoms with Crippen molar-refractivity contribution >= 4 is 33.7 Å². The molecule has 0 spiro atoms. The van der Waals surface area contributed by atoms with Crippen molar-refractivity contribution in [3.63, 3.8) is 0 Å². The zero-order valence-electron chi connectivity index (χ0n) is 6.15. The van der Waals surface area contributed by atoms with Crippen LogP contribution in [0.2, 0.25) is 0 Å². The molecule has 0 saturated carbocycles. The number of carbonyl (C=O) groups excluding carboxylic acids is 1. The molecule has 0 bridgehead atoms. The van der Waals surface area contributed by atoms with Crippen LogP contribution in [0.1, 0.15) is 0 Å². The van der Waals surface area contributed by atoms with E-state index >= 15 is 0 Å². The summed E-state index contributed by atoms with van der Waals surface area (Å²) in [5.41, 5.74) is 3.56. The van der Waals surface area contributed by atoms with Crippen molar-refractivity contribution in [2.75, 3.05) is 5.32 Å². The maximum Gasteiger partial charge on any atom is 0.211 e. The van der Waals surface area contributed by atoms with Crippen molar-refractivity contribution in [1.82, 2.24) is 4.98 Å². The highest BCUT2D eigenvalue weighted by Crippen LogP contribution is 2.21. The van der Waals surface area contributed by atoms with Crippen LogP contribution in [0.15, 0.2) is 23.7 Å². The SMILES string of the molecule is O=CNc1ccc2ncsc2c1. The van der Waals surface area contributed by atoms with Crippen molar-refractivity contribution in [3.05, 3.63) is 23.7 Å². The van der Waals surface area contributed by atoms with Gasteiger partial charge in [0.2, 0.25) is 6.41 Å². The number of rotatable bonds is 2. The van der Waals surface area contributed by atoms with E-state index in [9.17, 15) is 4.79 Å². The van der Waals surface area contributed by atoms with Crippen LogP contribution in [0.3, 0.4) is 0 Å². The molecule has 1 aromatic carbocycles. The zero-order valence-corrected chi connectivity index (χ0v) is 6.97. The minimum atomic E-state index is 0.669. The van der Waals surface area contributed by atoms with Gasteiger partial charge in [0.05, 0.1) is 15.7 Å². The van der Waals surface area contributed by atoms with Crippen LogP contribution in [0, 0.1) is 0 Å². The van der Waals surface area contributed by atoms with Gasteiger partial charge >= 0.3 is 0 Å². The average molecular weight is 178 g/mol. The average Bonchev–Trinajstić information content (AvgIpc) is 2.51. The predicted molar refractivity (Wildman–Crippen MR) is 49.3 cm³/mol. The van der Waals surface area contributed by atoms with Gasteiger partial charge in [-0.05, 0) is 18.2 Å². The number of nitrogens with zero attached hydrogens (tertiary/aromatic N) is 1. The van der Waals surface area contributed by atoms with Gasteiger partial charge in [-0.2, -0.15) is 0 Å². The predicted octanol–water partition coefficient (Wildman–Crippen LogP) is 1.86. The summed E-state index contributed by atoms with van der Waals surface area (Å²) in [7, 11) is 0. The van der Waals surface area contributed by atoms with Crippen LogP contribution in [-0.4, -0.2) is 11.4 Å². The van der Waals surface area contributed by atoms with Crippen molar-refractivity contribution in [2.24, 2.45) is 0 Å². The summed E-state index contributed by atoms with van der Waals surface area (Å²) in [5.74, 6) is 0. The summed E-state index contributed by atoms with van der Waals surface area (Å²) >= 11 is 1.56. The molecule has 1 N–H and O–H groups in total. The third-order valence-corrected chi connectivity index (χ3v) is 2.35. The summed E-state index contributed by atoms with van der Waals surface area (Å²) in [6, 6.07) is 5.62. The van der Waals surface area contributed by atoms with Gasteiger partial charge in [-0.3, -0.25) is 4.79 Å². The lowest BCUT2D eigenvalue weighted by molar-refractivity contribution is -0.105. The lowest BCUT2D eigenvalue weighted by atomic mass is 10.3. The summed E-state index contributed by atoms with van der Waals surface area (Å²) in [6.07, 6.45) is 0.669. The van der Waals surface area contributed by atoms with Crippen LogP contribution in [-0.2, 0) is 4.79 Å². The van der Waals surface area contributed by atoms with Crippen molar-refractivity contribution in [1.29, 1.82) is 0 Å². The number of thiazole rings is 1. The van der Waals surface area contributed by atoms with Crippen molar-refractivity contribution < 1.29 is 4.79 Å². The summed E-state index contributed by atoms with van der Waals surface area (Å²) in [6.45, 7) is 0. The van der Waals surface area contributed by atoms with E-state index in [2.05, 4.69) is 10.3 Å². The Morgan fingerprint density at radius 2 is 2.42 bits per heavy atom. The fourth-order valence-electron chi connectivity index (χ4n) is 1.01. The quantitative estimate of drug-likeness (QED) is 0.713. The molecule has 2 aromatic rings. The number of anilines is 1. The fourth-order valence-corrected chi connectivity index (χ4v) is 1.73. The fraction of sp³-hybridized carbons (Fsp3) is 0. The smallest absolute Gasteiger partial charge is 0.211 e. The number of hydrogen-bond acceptors (Lipinski definition) is 3. The molecule has 3 nitrogen and oxygen atoms in total. The first-order valence-electron chi connectivity index (χ1n) is 3.43. The van der Waals surface area contributed by atoms with E-state index in [4.69, 9.17) is 0 Å². The molecule has 0 atom stereocenters. The number of amides is 1. The van der Waals surface area contributed by atoms with Crippen LogP contribution in [0.4, 0.5) is 5.69 Å². The largest absolute Gasteiger partial charge is 0.329 e. The molecule has 60 valence electrons. The molecule has 0 saturated heterocycles. The molecular weight excluding hydrogens is 172 g/mol. The van der Waals surface area contributed by atoms with Crippen LogP contribution < -0.4 is 5.32 Å². The Morgan fingerprint density at radius 1 is 1.50 bits per heavy atom. The molecule has 1 aromatic heterocycles. The van der Waals surface area contributed by atoms with E-state index in [0.717, 1.165) is 15.9 Å². The first-order valence-corrected chi connectivity index (χ1v) is 4.31. The van der Waals surface area contributed by atoms with E-state index in [0.29, 0.717) is 6.41 Å². The minimum absolute atomic E-state index is 0.669. The third-order valence-electron chi connectivity index (χ3n) is 1.56. The lowest BCUT2D eigenvalue weighted by Gasteiger charge is -1.95. The van der Waals surface area contributed by atoms with E-state index in [1.165, 1.54) is 0 Å². The highest BCUT2D eigenvalue weighted by atomic mass is 32.1. The molecule has 0 radical (unpaired) electrons. The molecule has 2 rings (SSSR count).